The van der Waals surface area contributed by atoms with Crippen molar-refractivity contribution in [2.45, 2.75) is 17.9 Å². The van der Waals surface area contributed by atoms with Crippen LogP contribution >= 0.6 is 11.8 Å². The zero-order valence-electron chi connectivity index (χ0n) is 14.3. The summed E-state index contributed by atoms with van der Waals surface area (Å²) in [5, 5.41) is 12.0. The second kappa shape index (κ2) is 10.3. The van der Waals surface area contributed by atoms with Gasteiger partial charge in [-0.05, 0) is 42.8 Å². The van der Waals surface area contributed by atoms with Gasteiger partial charge in [0.15, 0.2) is 0 Å². The van der Waals surface area contributed by atoms with Crippen molar-refractivity contribution in [3.8, 4) is 11.5 Å². The molecule has 2 aromatic rings. The van der Waals surface area contributed by atoms with Gasteiger partial charge in [0.25, 0.3) is 0 Å². The van der Waals surface area contributed by atoms with Gasteiger partial charge in [0, 0.05) is 6.42 Å². The number of nitrogens with one attached hydrogen (secondary N) is 1. The highest BCUT2D eigenvalue weighted by atomic mass is 32.2. The number of aromatic nitrogens is 1. The number of hydrogen-bond acceptors (Lipinski definition) is 6. The molecule has 138 valence electrons. The molecule has 2 rings (SSSR count). The Kier molecular flexibility index (Phi) is 7.75. The molecule has 1 amide bonds. The number of aliphatic carboxylic acids is 1. The molecule has 0 saturated carbocycles. The van der Waals surface area contributed by atoms with Gasteiger partial charge in [-0.1, -0.05) is 11.8 Å². The van der Waals surface area contributed by atoms with Gasteiger partial charge in [-0.25, -0.2) is 4.98 Å². The zero-order chi connectivity index (χ0) is 18.8. The molecule has 1 aromatic heterocycles. The molecule has 2 N–H and O–H groups in total. The predicted octanol–water partition coefficient (Wildman–Crippen LogP) is 3.06. The van der Waals surface area contributed by atoms with Crippen molar-refractivity contribution >= 4 is 29.3 Å². The quantitative estimate of drug-likeness (QED) is 0.486. The molecule has 26 heavy (non-hydrogen) atoms. The Morgan fingerprint density at radius 3 is 2.50 bits per heavy atom. The van der Waals surface area contributed by atoms with E-state index >= 15 is 0 Å². The van der Waals surface area contributed by atoms with E-state index in [1.54, 1.807) is 19.2 Å². The molecule has 8 heteroatoms. The minimum Gasteiger partial charge on any atom is -0.497 e. The van der Waals surface area contributed by atoms with Crippen LogP contribution in [0.4, 0.5) is 5.69 Å². The van der Waals surface area contributed by atoms with Crippen LogP contribution in [0.2, 0.25) is 0 Å². The maximum absolute atomic E-state index is 11.9. The summed E-state index contributed by atoms with van der Waals surface area (Å²) in [6.45, 7) is 0.433. The highest BCUT2D eigenvalue weighted by molar-refractivity contribution is 7.99. The molecule has 1 heterocycles. The Morgan fingerprint density at radius 2 is 1.88 bits per heavy atom. The number of methoxy groups -OCH3 is 1. The highest BCUT2D eigenvalue weighted by Crippen LogP contribution is 2.18. The van der Waals surface area contributed by atoms with Gasteiger partial charge in [-0.15, -0.1) is 0 Å². The van der Waals surface area contributed by atoms with Crippen molar-refractivity contribution in [2.75, 3.05) is 24.8 Å². The Hall–Kier alpha value is -2.74. The van der Waals surface area contributed by atoms with E-state index in [4.69, 9.17) is 14.6 Å². The number of carbonyl (C=O) groups is 2. The van der Waals surface area contributed by atoms with E-state index in [-0.39, 0.29) is 11.7 Å². The lowest BCUT2D eigenvalue weighted by atomic mass is 10.3. The molecule has 0 aliphatic carbocycles. The standard InChI is InChI=1S/C18H20N2O5S/c1-24-14-5-7-15(8-6-14)25-10-2-3-16(21)20-13-4-9-17(19-11-13)26-12-18(22)23/h4-9,11H,2-3,10,12H2,1H3,(H,20,21)(H,22,23). The van der Waals surface area contributed by atoms with E-state index in [0.717, 1.165) is 23.3 Å². The molecular weight excluding hydrogens is 356 g/mol. The first-order chi connectivity index (χ1) is 12.6. The van der Waals surface area contributed by atoms with Crippen LogP contribution in [0.15, 0.2) is 47.6 Å². The first kappa shape index (κ1) is 19.6. The van der Waals surface area contributed by atoms with E-state index in [1.165, 1.54) is 6.20 Å². The Balaban J connectivity index is 1.67. The van der Waals surface area contributed by atoms with Gasteiger partial charge < -0.3 is 19.9 Å². The van der Waals surface area contributed by atoms with Gasteiger partial charge >= 0.3 is 5.97 Å². The van der Waals surface area contributed by atoms with Gasteiger partial charge in [0.05, 0.1) is 36.4 Å². The van der Waals surface area contributed by atoms with Crippen molar-refractivity contribution < 1.29 is 24.2 Å². The van der Waals surface area contributed by atoms with Gasteiger partial charge in [-0.3, -0.25) is 9.59 Å². The lowest BCUT2D eigenvalue weighted by Gasteiger charge is -2.08. The van der Waals surface area contributed by atoms with Crippen molar-refractivity contribution in [1.29, 1.82) is 0 Å². The fourth-order valence-electron chi connectivity index (χ4n) is 1.99. The molecule has 0 saturated heterocycles. The summed E-state index contributed by atoms with van der Waals surface area (Å²) in [5.41, 5.74) is 0.575. The maximum atomic E-state index is 11.9. The summed E-state index contributed by atoms with van der Waals surface area (Å²) in [5.74, 6) is 0.414. The normalized spacial score (nSPS) is 10.2. The SMILES string of the molecule is COc1ccc(OCCCC(=O)Nc2ccc(SCC(=O)O)nc2)cc1. The van der Waals surface area contributed by atoms with Crippen LogP contribution in [0, 0.1) is 0 Å². The third kappa shape index (κ3) is 7.02. The third-order valence-corrected chi connectivity index (χ3v) is 4.17. The molecular formula is C18H20N2O5S. The Bertz CT molecular complexity index is 719. The number of anilines is 1. The number of carbonyl (C=O) groups excluding carboxylic acids is 1. The number of carboxylic acid groups (broad SMARTS) is 1. The molecule has 7 nitrogen and oxygen atoms in total. The third-order valence-electron chi connectivity index (χ3n) is 3.24. The fraction of sp³-hybridized carbons (Fsp3) is 0.278. The molecule has 0 fully saturated rings. The zero-order valence-corrected chi connectivity index (χ0v) is 15.1. The van der Waals surface area contributed by atoms with Crippen molar-refractivity contribution in [3.05, 3.63) is 42.6 Å². The van der Waals surface area contributed by atoms with Crippen LogP contribution in [0.5, 0.6) is 11.5 Å². The molecule has 0 atom stereocenters. The number of benzene rings is 1. The number of amides is 1. The van der Waals surface area contributed by atoms with Crippen molar-refractivity contribution in [1.82, 2.24) is 4.98 Å². The summed E-state index contributed by atoms with van der Waals surface area (Å²) < 4.78 is 10.6. The molecule has 0 aliphatic rings. The van der Waals surface area contributed by atoms with Crippen LogP contribution in [-0.2, 0) is 9.59 Å². The van der Waals surface area contributed by atoms with Crippen molar-refractivity contribution in [3.63, 3.8) is 0 Å². The minimum atomic E-state index is -0.897. The number of pyridine rings is 1. The maximum Gasteiger partial charge on any atom is 0.313 e. The Labute approximate surface area is 155 Å². The van der Waals surface area contributed by atoms with Crippen LogP contribution in [0.3, 0.4) is 0 Å². The smallest absolute Gasteiger partial charge is 0.313 e. The first-order valence-electron chi connectivity index (χ1n) is 7.94. The van der Waals surface area contributed by atoms with E-state index in [1.807, 2.05) is 24.3 Å². The molecule has 0 spiro atoms. The van der Waals surface area contributed by atoms with Gasteiger partial charge in [0.2, 0.25) is 5.91 Å². The Morgan fingerprint density at radius 1 is 1.15 bits per heavy atom. The summed E-state index contributed by atoms with van der Waals surface area (Å²) in [6, 6.07) is 10.6. The monoisotopic (exact) mass is 376 g/mol. The van der Waals surface area contributed by atoms with Gasteiger partial charge in [0.1, 0.15) is 11.5 Å². The summed E-state index contributed by atoms with van der Waals surface area (Å²) >= 11 is 1.13. The average molecular weight is 376 g/mol. The molecule has 0 unspecified atom stereocenters. The van der Waals surface area contributed by atoms with Crippen LogP contribution in [0.1, 0.15) is 12.8 Å². The van der Waals surface area contributed by atoms with E-state index in [9.17, 15) is 9.59 Å². The number of carboxylic acids is 1. The number of hydrogen-bond donors (Lipinski definition) is 2. The van der Waals surface area contributed by atoms with Crippen LogP contribution in [0.25, 0.3) is 0 Å². The predicted molar refractivity (Wildman–Crippen MR) is 98.9 cm³/mol. The largest absolute Gasteiger partial charge is 0.497 e. The number of ether oxygens (including phenoxy) is 2. The number of nitrogens with zero attached hydrogens (tertiary/aromatic N) is 1. The van der Waals surface area contributed by atoms with Crippen LogP contribution in [-0.4, -0.2) is 41.4 Å². The number of thioether (sulfide) groups is 1. The summed E-state index contributed by atoms with van der Waals surface area (Å²) in [7, 11) is 1.60. The molecule has 0 aliphatic heterocycles. The highest BCUT2D eigenvalue weighted by Gasteiger charge is 2.05. The van der Waals surface area contributed by atoms with Gasteiger partial charge in [-0.2, -0.15) is 0 Å². The lowest BCUT2D eigenvalue weighted by Crippen LogP contribution is -2.13. The van der Waals surface area contributed by atoms with Crippen LogP contribution < -0.4 is 14.8 Å². The molecule has 1 aromatic carbocycles. The molecule has 0 radical (unpaired) electrons. The minimum absolute atomic E-state index is 0.0487. The van der Waals surface area contributed by atoms with E-state index in [0.29, 0.717) is 30.2 Å². The van der Waals surface area contributed by atoms with E-state index in [2.05, 4.69) is 10.3 Å². The topological polar surface area (TPSA) is 97.8 Å². The second-order valence-electron chi connectivity index (χ2n) is 5.24. The summed E-state index contributed by atoms with van der Waals surface area (Å²) in [4.78, 5) is 26.5. The van der Waals surface area contributed by atoms with E-state index < -0.39 is 5.97 Å². The van der Waals surface area contributed by atoms with Crippen molar-refractivity contribution in [2.24, 2.45) is 0 Å². The number of rotatable bonds is 10. The lowest BCUT2D eigenvalue weighted by molar-refractivity contribution is -0.133. The summed E-state index contributed by atoms with van der Waals surface area (Å²) in [6.07, 6.45) is 2.42. The average Bonchev–Trinajstić information content (AvgIpc) is 2.65. The molecule has 0 bridgehead atoms. The first-order valence-corrected chi connectivity index (χ1v) is 8.93. The fourth-order valence-corrected chi connectivity index (χ4v) is 2.56. The second-order valence-corrected chi connectivity index (χ2v) is 6.24.